The molecule has 0 fully saturated rings. The molecule has 0 spiro atoms. The smallest absolute Gasteiger partial charge is 0.172 e. The first-order valence-electron chi connectivity index (χ1n) is 8.82. The Kier molecular flexibility index (Phi) is 10.6. The first kappa shape index (κ1) is 21.1. The number of hydrogen-bond acceptors (Lipinski definition) is 7. The quantitative estimate of drug-likeness (QED) is 0.525. The maximum absolute atomic E-state index is 4.90. The van der Waals surface area contributed by atoms with E-state index >= 15 is 0 Å². The van der Waals surface area contributed by atoms with Gasteiger partial charge in [-0.25, -0.2) is 4.99 Å². The Morgan fingerprint density at radius 3 is 1.65 bits per heavy atom. The molecule has 1 aliphatic heterocycles. The van der Waals surface area contributed by atoms with Gasteiger partial charge < -0.3 is 14.7 Å². The number of likely N-dealkylation sites (N-methyl/N-ethyl adjacent to an activating group) is 2. The molecule has 23 heavy (non-hydrogen) atoms. The molecule has 1 heterocycles. The van der Waals surface area contributed by atoms with E-state index in [1.54, 1.807) is 0 Å². The first-order valence-corrected chi connectivity index (χ1v) is 11.0. The molecule has 0 saturated carbocycles. The molecule has 136 valence electrons. The largest absolute Gasteiger partial charge is 0.348 e. The van der Waals surface area contributed by atoms with Crippen LogP contribution in [0.25, 0.3) is 0 Å². The van der Waals surface area contributed by atoms with Crippen molar-refractivity contribution in [2.24, 2.45) is 4.99 Å². The normalized spacial score (nSPS) is 18.3. The van der Waals surface area contributed by atoms with Gasteiger partial charge in [0.25, 0.3) is 0 Å². The van der Waals surface area contributed by atoms with E-state index in [0.717, 1.165) is 52.4 Å². The standard InChI is InChI=1S/C16H35N5S2/c1-7-19(8-2)11-13-21(14-12-20(9-3)10-4)16-17-15(18(5)6)22-23-16/h15H,7-14H2,1-6H3. The molecule has 0 radical (unpaired) electrons. The number of rotatable bonds is 11. The van der Waals surface area contributed by atoms with Crippen LogP contribution < -0.4 is 0 Å². The molecule has 0 N–H and O–H groups in total. The predicted molar refractivity (Wildman–Crippen MR) is 107 cm³/mol. The highest BCUT2D eigenvalue weighted by Gasteiger charge is 2.25. The van der Waals surface area contributed by atoms with E-state index < -0.39 is 0 Å². The van der Waals surface area contributed by atoms with Crippen molar-refractivity contribution in [1.82, 2.24) is 19.6 Å². The van der Waals surface area contributed by atoms with Crippen LogP contribution in [0.1, 0.15) is 27.7 Å². The van der Waals surface area contributed by atoms with Gasteiger partial charge in [-0.15, -0.1) is 0 Å². The zero-order valence-electron chi connectivity index (χ0n) is 15.8. The Morgan fingerprint density at radius 1 is 0.826 bits per heavy atom. The molecule has 1 atom stereocenters. The minimum absolute atomic E-state index is 0.249. The highest BCUT2D eigenvalue weighted by Crippen LogP contribution is 2.38. The lowest BCUT2D eigenvalue weighted by Crippen LogP contribution is -2.41. The Hall–Kier alpha value is 0.0500. The second-order valence-electron chi connectivity index (χ2n) is 5.92. The summed E-state index contributed by atoms with van der Waals surface area (Å²) in [4.78, 5) is 14.5. The van der Waals surface area contributed by atoms with Gasteiger partial charge in [0.2, 0.25) is 0 Å². The van der Waals surface area contributed by atoms with Crippen LogP contribution in [0, 0.1) is 0 Å². The van der Waals surface area contributed by atoms with Crippen molar-refractivity contribution in [3.8, 4) is 0 Å². The average molecular weight is 362 g/mol. The van der Waals surface area contributed by atoms with Crippen LogP contribution >= 0.6 is 21.6 Å². The van der Waals surface area contributed by atoms with E-state index in [0.29, 0.717) is 0 Å². The van der Waals surface area contributed by atoms with E-state index in [4.69, 9.17) is 4.99 Å². The van der Waals surface area contributed by atoms with Gasteiger partial charge in [-0.3, -0.25) is 4.90 Å². The van der Waals surface area contributed by atoms with E-state index in [-0.39, 0.29) is 5.50 Å². The number of amidine groups is 1. The van der Waals surface area contributed by atoms with Gasteiger partial charge in [0, 0.05) is 26.2 Å². The highest BCUT2D eigenvalue weighted by atomic mass is 33.1. The molecule has 1 unspecified atom stereocenters. The Balaban J connectivity index is 2.66. The van der Waals surface area contributed by atoms with Crippen LogP contribution in [0.4, 0.5) is 0 Å². The van der Waals surface area contributed by atoms with Crippen LogP contribution in [0.15, 0.2) is 4.99 Å². The summed E-state index contributed by atoms with van der Waals surface area (Å²) >= 11 is 0. The average Bonchev–Trinajstić information content (AvgIpc) is 3.04. The minimum Gasteiger partial charge on any atom is -0.348 e. The Labute approximate surface area is 151 Å². The second-order valence-corrected chi connectivity index (χ2v) is 8.15. The number of aliphatic imine (C=N–C) groups is 1. The molecule has 1 rings (SSSR count). The highest BCUT2D eigenvalue weighted by molar-refractivity contribution is 8.82. The van der Waals surface area contributed by atoms with Crippen molar-refractivity contribution < 1.29 is 0 Å². The van der Waals surface area contributed by atoms with Crippen molar-refractivity contribution in [2.45, 2.75) is 33.2 Å². The summed E-state index contributed by atoms with van der Waals surface area (Å²) in [6.07, 6.45) is 0. The van der Waals surface area contributed by atoms with Crippen molar-refractivity contribution in [3.63, 3.8) is 0 Å². The summed E-state index contributed by atoms with van der Waals surface area (Å²) in [5.74, 6) is 0. The predicted octanol–water partition coefficient (Wildman–Crippen LogP) is 2.57. The molecule has 0 aliphatic carbocycles. The van der Waals surface area contributed by atoms with Crippen LogP contribution in [0.2, 0.25) is 0 Å². The fourth-order valence-electron chi connectivity index (χ4n) is 2.47. The summed E-state index contributed by atoms with van der Waals surface area (Å²) in [6.45, 7) is 17.8. The van der Waals surface area contributed by atoms with E-state index in [1.807, 2.05) is 21.6 Å². The third-order valence-corrected chi connectivity index (χ3v) is 6.86. The van der Waals surface area contributed by atoms with Gasteiger partial charge in [0.05, 0.1) is 0 Å². The molecule has 0 aromatic rings. The summed E-state index contributed by atoms with van der Waals surface area (Å²) in [6, 6.07) is 0. The van der Waals surface area contributed by atoms with Gasteiger partial charge in [0.1, 0.15) is 0 Å². The van der Waals surface area contributed by atoms with Crippen LogP contribution in [0.3, 0.4) is 0 Å². The van der Waals surface area contributed by atoms with E-state index in [1.165, 1.54) is 5.17 Å². The molecule has 0 aromatic carbocycles. The zero-order valence-corrected chi connectivity index (χ0v) is 17.4. The maximum atomic E-state index is 4.90. The lowest BCUT2D eigenvalue weighted by molar-refractivity contribution is 0.238. The van der Waals surface area contributed by atoms with Crippen molar-refractivity contribution in [2.75, 3.05) is 66.5 Å². The summed E-state index contributed by atoms with van der Waals surface area (Å²) in [5, 5.41) is 1.20. The van der Waals surface area contributed by atoms with Crippen molar-refractivity contribution >= 4 is 26.8 Å². The molecular weight excluding hydrogens is 326 g/mol. The zero-order chi connectivity index (χ0) is 17.2. The van der Waals surface area contributed by atoms with Crippen molar-refractivity contribution in [1.29, 1.82) is 0 Å². The third kappa shape index (κ3) is 7.22. The van der Waals surface area contributed by atoms with Crippen molar-refractivity contribution in [3.05, 3.63) is 0 Å². The lowest BCUT2D eigenvalue weighted by Gasteiger charge is -2.29. The van der Waals surface area contributed by atoms with Gasteiger partial charge in [-0.1, -0.05) is 27.7 Å². The monoisotopic (exact) mass is 361 g/mol. The van der Waals surface area contributed by atoms with E-state index in [2.05, 4.69) is 61.4 Å². The topological polar surface area (TPSA) is 25.3 Å². The van der Waals surface area contributed by atoms with Crippen LogP contribution in [-0.4, -0.2) is 96.7 Å². The molecule has 0 aromatic heterocycles. The van der Waals surface area contributed by atoms with Gasteiger partial charge in [-0.05, 0) is 61.9 Å². The molecule has 0 amide bonds. The Bertz CT molecular complexity index is 327. The van der Waals surface area contributed by atoms with Crippen LogP contribution in [-0.2, 0) is 0 Å². The maximum Gasteiger partial charge on any atom is 0.172 e. The summed E-state index contributed by atoms with van der Waals surface area (Å²) < 4.78 is 0. The fraction of sp³-hybridized carbons (Fsp3) is 0.938. The minimum atomic E-state index is 0.249. The SMILES string of the molecule is CCN(CC)CCN(CCN(CC)CC)C1=NC(N(C)C)SS1. The fourth-order valence-corrected chi connectivity index (χ4v) is 5.06. The second kappa shape index (κ2) is 11.6. The molecular formula is C16H35N5S2. The van der Waals surface area contributed by atoms with Gasteiger partial charge in [-0.2, -0.15) is 0 Å². The van der Waals surface area contributed by atoms with Gasteiger partial charge in [0.15, 0.2) is 10.7 Å². The molecule has 0 bridgehead atoms. The first-order chi connectivity index (χ1) is 11.0. The van der Waals surface area contributed by atoms with E-state index in [9.17, 15) is 0 Å². The third-order valence-electron chi connectivity index (χ3n) is 4.30. The molecule has 5 nitrogen and oxygen atoms in total. The number of nitrogens with zero attached hydrogens (tertiary/aromatic N) is 5. The summed E-state index contributed by atoms with van der Waals surface area (Å²) in [7, 11) is 7.88. The molecule has 0 saturated heterocycles. The van der Waals surface area contributed by atoms with Gasteiger partial charge >= 0.3 is 0 Å². The Morgan fingerprint density at radius 2 is 1.30 bits per heavy atom. The van der Waals surface area contributed by atoms with Crippen LogP contribution in [0.5, 0.6) is 0 Å². The molecule has 7 heteroatoms. The number of hydrogen-bond donors (Lipinski definition) is 0. The lowest BCUT2D eigenvalue weighted by atomic mass is 10.4. The molecule has 1 aliphatic rings. The summed E-state index contributed by atoms with van der Waals surface area (Å²) in [5.41, 5.74) is 0.249.